The van der Waals surface area contributed by atoms with Crippen LogP contribution < -0.4 is 10.2 Å². The van der Waals surface area contributed by atoms with Gasteiger partial charge in [0.25, 0.3) is 0 Å². The number of anilines is 2. The topological polar surface area (TPSA) is 15.3 Å². The van der Waals surface area contributed by atoms with E-state index in [9.17, 15) is 0 Å². The molecule has 0 atom stereocenters. The van der Waals surface area contributed by atoms with Gasteiger partial charge in [-0.05, 0) is 68.4 Å². The fourth-order valence-electron chi connectivity index (χ4n) is 2.29. The van der Waals surface area contributed by atoms with Crippen LogP contribution in [0, 0.1) is 13.8 Å². The summed E-state index contributed by atoms with van der Waals surface area (Å²) in [5.74, 6) is 0. The zero-order valence-electron chi connectivity index (χ0n) is 12.2. The van der Waals surface area contributed by atoms with Gasteiger partial charge in [0.15, 0.2) is 5.11 Å². The number of nitrogens with zero attached hydrogens (tertiary/aromatic N) is 1. The Morgan fingerprint density at radius 1 is 1.05 bits per heavy atom. The maximum atomic E-state index is 5.54. The minimum absolute atomic E-state index is 0.726. The molecule has 0 unspecified atom stereocenters. The third-order valence-electron chi connectivity index (χ3n) is 3.10. The van der Waals surface area contributed by atoms with Gasteiger partial charge < -0.3 is 10.2 Å². The number of rotatable bonds is 3. The van der Waals surface area contributed by atoms with Crippen LogP contribution in [0.3, 0.4) is 0 Å². The zero-order chi connectivity index (χ0) is 14.5. The SMILES string of the molecule is CCN(C(=S)Nc1cc(C)cc(C)c1)c1ccccc1. The van der Waals surface area contributed by atoms with Gasteiger partial charge in [-0.3, -0.25) is 0 Å². The van der Waals surface area contributed by atoms with Gasteiger partial charge in [-0.25, -0.2) is 0 Å². The van der Waals surface area contributed by atoms with Crippen LogP contribution in [-0.2, 0) is 0 Å². The first-order chi connectivity index (χ1) is 9.60. The fourth-order valence-corrected chi connectivity index (χ4v) is 2.64. The number of aryl methyl sites for hydroxylation is 2. The second-order valence-electron chi connectivity index (χ2n) is 4.89. The smallest absolute Gasteiger partial charge is 0.177 e. The van der Waals surface area contributed by atoms with E-state index in [2.05, 4.69) is 61.3 Å². The number of para-hydroxylation sites is 1. The summed E-state index contributed by atoms with van der Waals surface area (Å²) in [6, 6.07) is 16.6. The molecule has 3 heteroatoms. The number of thiocarbonyl (C=S) groups is 1. The molecule has 0 radical (unpaired) electrons. The van der Waals surface area contributed by atoms with Crippen molar-refractivity contribution in [1.82, 2.24) is 0 Å². The molecule has 0 bridgehead atoms. The standard InChI is InChI=1S/C17H20N2S/c1-4-19(16-8-6-5-7-9-16)17(20)18-15-11-13(2)10-14(3)12-15/h5-12H,4H2,1-3H3,(H,18,20). The molecule has 2 nitrogen and oxygen atoms in total. The van der Waals surface area contributed by atoms with E-state index < -0.39 is 0 Å². The van der Waals surface area contributed by atoms with Crippen molar-refractivity contribution in [3.63, 3.8) is 0 Å². The largest absolute Gasteiger partial charge is 0.332 e. The van der Waals surface area contributed by atoms with E-state index >= 15 is 0 Å². The second kappa shape index (κ2) is 6.53. The van der Waals surface area contributed by atoms with E-state index in [1.165, 1.54) is 11.1 Å². The van der Waals surface area contributed by atoms with Gasteiger partial charge in [0, 0.05) is 17.9 Å². The van der Waals surface area contributed by atoms with E-state index in [0.29, 0.717) is 0 Å². The molecule has 0 aliphatic carbocycles. The molecule has 0 spiro atoms. The van der Waals surface area contributed by atoms with Crippen molar-refractivity contribution in [2.45, 2.75) is 20.8 Å². The average molecular weight is 284 g/mol. The molecule has 1 N–H and O–H groups in total. The van der Waals surface area contributed by atoms with Crippen LogP contribution in [0.4, 0.5) is 11.4 Å². The van der Waals surface area contributed by atoms with Gasteiger partial charge in [-0.2, -0.15) is 0 Å². The summed E-state index contributed by atoms with van der Waals surface area (Å²) >= 11 is 5.54. The van der Waals surface area contributed by atoms with E-state index in [1.807, 2.05) is 18.2 Å². The third-order valence-corrected chi connectivity index (χ3v) is 3.42. The molecule has 0 aliphatic rings. The summed E-state index contributed by atoms with van der Waals surface area (Å²) in [5, 5.41) is 4.06. The highest BCUT2D eigenvalue weighted by atomic mass is 32.1. The Kier molecular flexibility index (Phi) is 4.74. The van der Waals surface area contributed by atoms with Crippen LogP contribution in [0.15, 0.2) is 48.5 Å². The molecule has 0 saturated heterocycles. The Balaban J connectivity index is 2.18. The zero-order valence-corrected chi connectivity index (χ0v) is 13.0. The highest BCUT2D eigenvalue weighted by Gasteiger charge is 2.10. The lowest BCUT2D eigenvalue weighted by molar-refractivity contribution is 1.07. The van der Waals surface area contributed by atoms with Gasteiger partial charge in [0.2, 0.25) is 0 Å². The van der Waals surface area contributed by atoms with E-state index in [4.69, 9.17) is 12.2 Å². The number of nitrogens with one attached hydrogen (secondary N) is 1. The first-order valence-electron chi connectivity index (χ1n) is 6.82. The Bertz CT molecular complexity index is 573. The van der Waals surface area contributed by atoms with Crippen LogP contribution in [0.5, 0.6) is 0 Å². The van der Waals surface area contributed by atoms with Crippen molar-refractivity contribution in [2.24, 2.45) is 0 Å². The molecule has 0 amide bonds. The summed E-state index contributed by atoms with van der Waals surface area (Å²) in [6.07, 6.45) is 0. The summed E-state index contributed by atoms with van der Waals surface area (Å²) in [7, 11) is 0. The Hall–Kier alpha value is -1.87. The van der Waals surface area contributed by atoms with Gasteiger partial charge >= 0.3 is 0 Å². The van der Waals surface area contributed by atoms with E-state index in [1.54, 1.807) is 0 Å². The molecular weight excluding hydrogens is 264 g/mol. The van der Waals surface area contributed by atoms with Crippen molar-refractivity contribution in [3.8, 4) is 0 Å². The van der Waals surface area contributed by atoms with Gasteiger partial charge in [-0.1, -0.05) is 24.3 Å². The molecular formula is C17H20N2S. The second-order valence-corrected chi connectivity index (χ2v) is 5.27. The van der Waals surface area contributed by atoms with Gasteiger partial charge in [0.05, 0.1) is 0 Å². The Morgan fingerprint density at radius 3 is 2.20 bits per heavy atom. The van der Waals surface area contributed by atoms with Crippen molar-refractivity contribution in [3.05, 3.63) is 59.7 Å². The minimum Gasteiger partial charge on any atom is -0.332 e. The average Bonchev–Trinajstić information content (AvgIpc) is 2.39. The Morgan fingerprint density at radius 2 is 1.65 bits per heavy atom. The first kappa shape index (κ1) is 14.5. The lowest BCUT2D eigenvalue weighted by Gasteiger charge is -2.24. The normalized spacial score (nSPS) is 10.2. The van der Waals surface area contributed by atoms with Crippen LogP contribution >= 0.6 is 12.2 Å². The maximum absolute atomic E-state index is 5.54. The van der Waals surface area contributed by atoms with Crippen molar-refractivity contribution in [1.29, 1.82) is 0 Å². The number of benzene rings is 2. The van der Waals surface area contributed by atoms with E-state index in [-0.39, 0.29) is 0 Å². The number of hydrogen-bond acceptors (Lipinski definition) is 1. The van der Waals surface area contributed by atoms with Crippen LogP contribution in [0.2, 0.25) is 0 Å². The highest BCUT2D eigenvalue weighted by Crippen LogP contribution is 2.17. The van der Waals surface area contributed by atoms with Crippen LogP contribution in [0.1, 0.15) is 18.1 Å². The lowest BCUT2D eigenvalue weighted by Crippen LogP contribution is -2.34. The fraction of sp³-hybridized carbons (Fsp3) is 0.235. The lowest BCUT2D eigenvalue weighted by atomic mass is 10.1. The summed E-state index contributed by atoms with van der Waals surface area (Å²) in [5.41, 5.74) is 4.62. The van der Waals surface area contributed by atoms with Crippen LogP contribution in [0.25, 0.3) is 0 Å². The third kappa shape index (κ3) is 3.58. The summed E-state index contributed by atoms with van der Waals surface area (Å²) < 4.78 is 0. The maximum Gasteiger partial charge on any atom is 0.177 e. The summed E-state index contributed by atoms with van der Waals surface area (Å²) in [6.45, 7) is 7.12. The monoisotopic (exact) mass is 284 g/mol. The Labute approximate surface area is 126 Å². The van der Waals surface area contributed by atoms with Gasteiger partial charge in [-0.15, -0.1) is 0 Å². The predicted molar refractivity (Wildman–Crippen MR) is 91.6 cm³/mol. The molecule has 2 rings (SSSR count). The van der Waals surface area contributed by atoms with Crippen molar-refractivity contribution >= 4 is 28.7 Å². The van der Waals surface area contributed by atoms with Crippen molar-refractivity contribution in [2.75, 3.05) is 16.8 Å². The molecule has 0 aromatic heterocycles. The molecule has 0 heterocycles. The predicted octanol–water partition coefficient (Wildman–Crippen LogP) is 4.53. The first-order valence-corrected chi connectivity index (χ1v) is 7.23. The quantitative estimate of drug-likeness (QED) is 0.834. The molecule has 0 saturated carbocycles. The van der Waals surface area contributed by atoms with Gasteiger partial charge in [0.1, 0.15) is 0 Å². The minimum atomic E-state index is 0.726. The highest BCUT2D eigenvalue weighted by molar-refractivity contribution is 7.80. The van der Waals surface area contributed by atoms with Crippen LogP contribution in [-0.4, -0.2) is 11.7 Å². The molecule has 2 aromatic rings. The van der Waals surface area contributed by atoms with Crippen molar-refractivity contribution < 1.29 is 0 Å². The molecule has 20 heavy (non-hydrogen) atoms. The molecule has 0 aliphatic heterocycles. The van der Waals surface area contributed by atoms with E-state index in [0.717, 1.165) is 23.0 Å². The molecule has 2 aromatic carbocycles. The molecule has 0 fully saturated rings. The molecule has 104 valence electrons. The summed E-state index contributed by atoms with van der Waals surface area (Å²) in [4.78, 5) is 2.09. The number of hydrogen-bond donors (Lipinski definition) is 1.